The molecule has 28 heavy (non-hydrogen) atoms. The van der Waals surface area contributed by atoms with E-state index in [1.165, 1.54) is 0 Å². The van der Waals surface area contributed by atoms with Crippen LogP contribution in [0.15, 0.2) is 0 Å². The van der Waals surface area contributed by atoms with Crippen LogP contribution in [0.1, 0.15) is 0 Å². The molecule has 169 valence electrons. The maximum Gasteiger partial charge on any atom is 0.216 e. The quantitative estimate of drug-likeness (QED) is 0.236. The summed E-state index contributed by atoms with van der Waals surface area (Å²) in [6.45, 7) is 0. The van der Waals surface area contributed by atoms with Gasteiger partial charge in [-0.25, -0.2) is 0 Å². The summed E-state index contributed by atoms with van der Waals surface area (Å²) in [5.74, 6) is 0. The lowest BCUT2D eigenvalue weighted by Crippen LogP contribution is -2.72. The maximum atomic E-state index is 6.25. The SMILES string of the molecule is Cl[C](Cl)C(Cl)(Cl)C(Cl)(Cl)C(Cl)(Cl)C(Cl)(Cl)C(Cl)(Cl)C(Cl)(C(Cl)(Cl)Cl)C(Cl)(Cl)Cl. The van der Waals surface area contributed by atoms with Crippen LogP contribution in [-0.4, -0.2) is 34.1 Å². The minimum absolute atomic E-state index is 0.828. The van der Waals surface area contributed by atoms with Crippen molar-refractivity contribution in [2.24, 2.45) is 0 Å². The Labute approximate surface area is 255 Å². The Bertz CT molecular complexity index is 547. The molecule has 0 unspecified atom stereocenters. The minimum Gasteiger partial charge on any atom is -0.106 e. The molecule has 1 radical (unpaired) electrons. The highest BCUT2D eigenvalue weighted by Crippen LogP contribution is 2.74. The number of halogens is 19. The molecule has 0 aromatic rings. The first-order valence-corrected chi connectivity index (χ1v) is 12.8. The molecule has 0 bridgehead atoms. The predicted octanol–water partition coefficient (Wildman–Crippen LogP) is 11.5. The summed E-state index contributed by atoms with van der Waals surface area (Å²) in [5.41, 5.74) is 0. The van der Waals surface area contributed by atoms with Gasteiger partial charge < -0.3 is 0 Å². The zero-order valence-electron chi connectivity index (χ0n) is 11.7. The highest BCUT2D eigenvalue weighted by Gasteiger charge is 2.83. The molecule has 19 heteroatoms. The Kier molecular flexibility index (Phi) is 12.1. The van der Waals surface area contributed by atoms with Crippen molar-refractivity contribution in [1.82, 2.24) is 0 Å². The van der Waals surface area contributed by atoms with E-state index in [4.69, 9.17) is 220 Å². The fraction of sp³-hybridized carbons (Fsp3) is 0.889. The number of alkyl halides is 17. The molecule has 0 N–H and O–H groups in total. The summed E-state index contributed by atoms with van der Waals surface area (Å²) in [5, 5.41) is 0. The second-order valence-corrected chi connectivity index (χ2v) is 17.5. The van der Waals surface area contributed by atoms with E-state index < -0.39 is 39.0 Å². The largest absolute Gasteiger partial charge is 0.216 e. The van der Waals surface area contributed by atoms with E-state index in [2.05, 4.69) is 0 Å². The van der Waals surface area contributed by atoms with Gasteiger partial charge in [0.05, 0.1) is 0 Å². The first-order chi connectivity index (χ1) is 11.7. The predicted molar refractivity (Wildman–Crippen MR) is 136 cm³/mol. The zero-order valence-corrected chi connectivity index (χ0v) is 26.0. The Morgan fingerprint density at radius 1 is 0.357 bits per heavy atom. The molecule has 0 saturated carbocycles. The van der Waals surface area contributed by atoms with Gasteiger partial charge in [0.15, 0.2) is 31.4 Å². The van der Waals surface area contributed by atoms with Gasteiger partial charge in [0, 0.05) is 0 Å². The molecule has 0 aliphatic carbocycles. The van der Waals surface area contributed by atoms with E-state index in [0.717, 1.165) is 0 Å². The summed E-state index contributed by atoms with van der Waals surface area (Å²) in [4.78, 5) is -3.80. The van der Waals surface area contributed by atoms with Crippen LogP contribution >= 0.6 is 220 Å². The first-order valence-electron chi connectivity index (χ1n) is 5.59. The second kappa shape index (κ2) is 10.1. The fourth-order valence-corrected chi connectivity index (χ4v) is 8.20. The molecular formula is C9Cl19. The smallest absolute Gasteiger partial charge is 0.106 e. The lowest BCUT2D eigenvalue weighted by molar-refractivity contribution is 0.424. The summed E-state index contributed by atoms with van der Waals surface area (Å²) in [6.07, 6.45) is 0. The van der Waals surface area contributed by atoms with Crippen LogP contribution in [0.3, 0.4) is 0 Å². The van der Waals surface area contributed by atoms with Crippen molar-refractivity contribution in [2.75, 3.05) is 0 Å². The van der Waals surface area contributed by atoms with Crippen molar-refractivity contribution < 1.29 is 0 Å². The van der Waals surface area contributed by atoms with E-state index in [9.17, 15) is 0 Å². The molecule has 0 rings (SSSR count). The van der Waals surface area contributed by atoms with Crippen molar-refractivity contribution >= 4 is 220 Å². The van der Waals surface area contributed by atoms with Gasteiger partial charge in [0.1, 0.15) is 0 Å². The summed E-state index contributed by atoms with van der Waals surface area (Å²) >= 11 is 114. The van der Waals surface area contributed by atoms with E-state index >= 15 is 0 Å². The second-order valence-electron chi connectivity index (χ2n) is 4.79. The standard InChI is InChI=1S/C9Cl19/c10-1(11)2(12,13)4(15,16)6(19,20)7(21,22)5(17,18)3(14,8(23,24)25)9(26,27)28. The minimum atomic E-state index is -3.08. The molecule has 0 atom stereocenters. The molecule has 0 saturated heterocycles. The summed E-state index contributed by atoms with van der Waals surface area (Å²) < 4.78 is -20.2. The highest BCUT2D eigenvalue weighted by atomic mass is 35.6. The summed E-state index contributed by atoms with van der Waals surface area (Å²) in [6, 6.07) is 0. The van der Waals surface area contributed by atoms with E-state index in [1.54, 1.807) is 0 Å². The molecule has 0 nitrogen and oxygen atoms in total. The number of hydrogen-bond acceptors (Lipinski definition) is 0. The Morgan fingerprint density at radius 2 is 0.607 bits per heavy atom. The third-order valence-corrected chi connectivity index (χ3v) is 14.3. The average molecular weight is 782 g/mol. The van der Waals surface area contributed by atoms with Crippen molar-refractivity contribution in [2.45, 2.75) is 34.1 Å². The van der Waals surface area contributed by atoms with Gasteiger partial charge in [-0.05, 0) is 0 Å². The van der Waals surface area contributed by atoms with Crippen LogP contribution < -0.4 is 0 Å². The van der Waals surface area contributed by atoms with Crippen molar-refractivity contribution in [3.05, 3.63) is 4.84 Å². The summed E-state index contributed by atoms with van der Waals surface area (Å²) in [7, 11) is 0. The van der Waals surface area contributed by atoms with Crippen molar-refractivity contribution in [3.63, 3.8) is 0 Å². The van der Waals surface area contributed by atoms with Crippen molar-refractivity contribution in [1.29, 1.82) is 0 Å². The number of hydrogen-bond donors (Lipinski definition) is 0. The zero-order chi connectivity index (χ0) is 23.6. The van der Waals surface area contributed by atoms with Gasteiger partial charge in [-0.1, -0.05) is 209 Å². The third-order valence-electron chi connectivity index (χ3n) is 3.03. The third kappa shape index (κ3) is 5.28. The van der Waals surface area contributed by atoms with Gasteiger partial charge in [-0.3, -0.25) is 0 Å². The van der Waals surface area contributed by atoms with Gasteiger partial charge in [0.25, 0.3) is 0 Å². The Hall–Kier alpha value is 5.51. The van der Waals surface area contributed by atoms with Crippen LogP contribution in [0.2, 0.25) is 0 Å². The Balaban J connectivity index is 6.95. The normalized spacial score (nSPS) is 16.7. The number of rotatable bonds is 6. The highest BCUT2D eigenvalue weighted by molar-refractivity contribution is 6.83. The molecular weight excluding hydrogens is 782 g/mol. The van der Waals surface area contributed by atoms with Gasteiger partial charge in [-0.2, -0.15) is 0 Å². The maximum absolute atomic E-state index is 6.25. The molecule has 0 heterocycles. The monoisotopic (exact) mass is 772 g/mol. The van der Waals surface area contributed by atoms with Gasteiger partial charge in [-0.15, -0.1) is 11.6 Å². The molecule has 0 spiro atoms. The molecule has 0 aliphatic heterocycles. The molecule has 0 amide bonds. The van der Waals surface area contributed by atoms with Crippen LogP contribution in [0, 0.1) is 4.84 Å². The van der Waals surface area contributed by atoms with Crippen LogP contribution in [0.25, 0.3) is 0 Å². The molecule has 0 aromatic carbocycles. The van der Waals surface area contributed by atoms with Gasteiger partial charge in [0.2, 0.25) is 7.59 Å². The molecule has 0 aromatic heterocycles. The fourth-order valence-electron chi connectivity index (χ4n) is 1.44. The Morgan fingerprint density at radius 3 is 0.821 bits per heavy atom. The topological polar surface area (TPSA) is 0 Å². The van der Waals surface area contributed by atoms with Crippen molar-refractivity contribution in [3.8, 4) is 0 Å². The van der Waals surface area contributed by atoms with Crippen LogP contribution in [-0.2, 0) is 0 Å². The van der Waals surface area contributed by atoms with Gasteiger partial charge >= 0.3 is 0 Å². The van der Waals surface area contributed by atoms with E-state index in [0.29, 0.717) is 0 Å². The average Bonchev–Trinajstić information content (AvgIpc) is 2.42. The molecule has 0 aliphatic rings. The van der Waals surface area contributed by atoms with E-state index in [1.807, 2.05) is 0 Å². The molecule has 0 fully saturated rings. The van der Waals surface area contributed by atoms with E-state index in [-0.39, 0.29) is 0 Å². The lowest BCUT2D eigenvalue weighted by Gasteiger charge is -2.55. The lowest BCUT2D eigenvalue weighted by atomic mass is 9.98. The first kappa shape index (κ1) is 33.5. The van der Waals surface area contributed by atoms with Crippen LogP contribution in [0.4, 0.5) is 0 Å². The van der Waals surface area contributed by atoms with Crippen LogP contribution in [0.5, 0.6) is 0 Å².